The van der Waals surface area contributed by atoms with Crippen LogP contribution in [0.1, 0.15) is 12.5 Å². The number of hydrogen-bond acceptors (Lipinski definition) is 8. The zero-order valence-electron chi connectivity index (χ0n) is 20.1. The number of benzene rings is 2. The van der Waals surface area contributed by atoms with Gasteiger partial charge in [0.1, 0.15) is 5.75 Å². The lowest BCUT2D eigenvalue weighted by Crippen LogP contribution is -2.49. The molecule has 0 amide bonds. The third kappa shape index (κ3) is 6.66. The monoisotopic (exact) mass is 460 g/mol. The van der Waals surface area contributed by atoms with E-state index >= 15 is 0 Å². The first-order valence-electron chi connectivity index (χ1n) is 11.3. The van der Waals surface area contributed by atoms with Crippen molar-refractivity contribution < 1.29 is 28.8 Å². The van der Waals surface area contributed by atoms with Crippen LogP contribution in [0.25, 0.3) is 0 Å². The maximum Gasteiger partial charge on any atom is 0.203 e. The minimum Gasteiger partial charge on any atom is -0.493 e. The number of β-amino-alcohol motifs (C(OH)–C–C–N with tert-alkyl or cyclic N) is 1. The van der Waals surface area contributed by atoms with E-state index in [1.54, 1.807) is 21.3 Å². The summed E-state index contributed by atoms with van der Waals surface area (Å²) in [7, 11) is 4.74. The van der Waals surface area contributed by atoms with Crippen LogP contribution in [0.5, 0.6) is 23.0 Å². The van der Waals surface area contributed by atoms with E-state index in [9.17, 15) is 5.11 Å². The molecule has 182 valence electrons. The standard InChI is InChI=1S/C25H36N2O6/c1-5-33-22-9-7-6-8-21(22)27-12-10-26(11-13-27)16-20(28)18-32-17-19-14-23(29-2)25(31-4)24(15-19)30-3/h6-9,14-15,20,28H,5,10-13,16-18H2,1-4H3. The Morgan fingerprint density at radius 3 is 2.18 bits per heavy atom. The van der Waals surface area contributed by atoms with Gasteiger partial charge in [0.2, 0.25) is 5.75 Å². The van der Waals surface area contributed by atoms with Crippen molar-refractivity contribution in [1.29, 1.82) is 0 Å². The largest absolute Gasteiger partial charge is 0.493 e. The van der Waals surface area contributed by atoms with Crippen molar-refractivity contribution in [1.82, 2.24) is 4.90 Å². The molecule has 8 nitrogen and oxygen atoms in total. The van der Waals surface area contributed by atoms with Gasteiger partial charge < -0.3 is 33.7 Å². The molecule has 1 N–H and O–H groups in total. The molecular formula is C25H36N2O6. The average Bonchev–Trinajstić information content (AvgIpc) is 2.84. The molecule has 0 saturated carbocycles. The van der Waals surface area contributed by atoms with Gasteiger partial charge in [-0.15, -0.1) is 0 Å². The molecule has 0 aliphatic carbocycles. The van der Waals surface area contributed by atoms with Crippen LogP contribution < -0.4 is 23.8 Å². The molecule has 1 atom stereocenters. The van der Waals surface area contributed by atoms with Crippen molar-refractivity contribution in [2.45, 2.75) is 19.6 Å². The van der Waals surface area contributed by atoms with Gasteiger partial charge in [0.25, 0.3) is 0 Å². The van der Waals surface area contributed by atoms with Gasteiger partial charge in [0, 0.05) is 32.7 Å². The zero-order valence-corrected chi connectivity index (χ0v) is 20.1. The Hall–Kier alpha value is -2.68. The topological polar surface area (TPSA) is 72.9 Å². The summed E-state index contributed by atoms with van der Waals surface area (Å²) in [5.74, 6) is 2.64. The Bertz CT molecular complexity index is 845. The Labute approximate surface area is 196 Å². The van der Waals surface area contributed by atoms with E-state index in [1.165, 1.54) is 0 Å². The Morgan fingerprint density at radius 2 is 1.58 bits per heavy atom. The van der Waals surface area contributed by atoms with Crippen molar-refractivity contribution >= 4 is 5.69 Å². The highest BCUT2D eigenvalue weighted by Crippen LogP contribution is 2.38. The number of ether oxygens (including phenoxy) is 5. The predicted octanol–water partition coefficient (Wildman–Crippen LogP) is 2.81. The van der Waals surface area contributed by atoms with Gasteiger partial charge in [-0.2, -0.15) is 0 Å². The number of hydrogen-bond donors (Lipinski definition) is 1. The number of aliphatic hydroxyl groups excluding tert-OH is 1. The molecule has 1 aliphatic rings. The number of anilines is 1. The van der Waals surface area contributed by atoms with Crippen LogP contribution in [-0.2, 0) is 11.3 Å². The van der Waals surface area contributed by atoms with Crippen LogP contribution >= 0.6 is 0 Å². The van der Waals surface area contributed by atoms with E-state index in [-0.39, 0.29) is 6.61 Å². The number of rotatable bonds is 12. The fourth-order valence-electron chi connectivity index (χ4n) is 4.05. The number of nitrogens with zero attached hydrogens (tertiary/aromatic N) is 2. The molecule has 1 saturated heterocycles. The molecule has 1 heterocycles. The van der Waals surface area contributed by atoms with Crippen molar-refractivity contribution in [3.63, 3.8) is 0 Å². The van der Waals surface area contributed by atoms with Crippen molar-refractivity contribution in [2.24, 2.45) is 0 Å². The summed E-state index contributed by atoms with van der Waals surface area (Å²) >= 11 is 0. The second kappa shape index (κ2) is 12.5. The minimum absolute atomic E-state index is 0.254. The van der Waals surface area contributed by atoms with Crippen molar-refractivity contribution in [2.75, 3.05) is 72.2 Å². The SMILES string of the molecule is CCOc1ccccc1N1CCN(CC(O)COCc2cc(OC)c(OC)c(OC)c2)CC1. The molecule has 0 aromatic heterocycles. The van der Waals surface area contributed by atoms with E-state index in [0.29, 0.717) is 37.0 Å². The summed E-state index contributed by atoms with van der Waals surface area (Å²) in [5, 5.41) is 10.5. The number of para-hydroxylation sites is 2. The number of piperazine rings is 1. The zero-order chi connectivity index (χ0) is 23.6. The first-order valence-corrected chi connectivity index (χ1v) is 11.3. The van der Waals surface area contributed by atoms with E-state index < -0.39 is 6.10 Å². The van der Waals surface area contributed by atoms with Crippen LogP contribution in [0.2, 0.25) is 0 Å². The van der Waals surface area contributed by atoms with Crippen LogP contribution in [-0.4, -0.2) is 83.4 Å². The van der Waals surface area contributed by atoms with Gasteiger partial charge in [0.15, 0.2) is 11.5 Å². The molecule has 1 fully saturated rings. The molecule has 2 aromatic rings. The van der Waals surface area contributed by atoms with Gasteiger partial charge in [-0.1, -0.05) is 12.1 Å². The molecule has 3 rings (SSSR count). The van der Waals surface area contributed by atoms with Gasteiger partial charge in [-0.25, -0.2) is 0 Å². The molecular weight excluding hydrogens is 424 g/mol. The van der Waals surface area contributed by atoms with Crippen molar-refractivity contribution in [3.8, 4) is 23.0 Å². The number of methoxy groups -OCH3 is 3. The molecule has 0 spiro atoms. The van der Waals surface area contributed by atoms with Crippen molar-refractivity contribution in [3.05, 3.63) is 42.0 Å². The Kier molecular flexibility index (Phi) is 9.47. The summed E-state index contributed by atoms with van der Waals surface area (Å²) < 4.78 is 27.7. The summed E-state index contributed by atoms with van der Waals surface area (Å²) in [6.45, 7) is 7.37. The highest BCUT2D eigenvalue weighted by atomic mass is 16.5. The van der Waals surface area contributed by atoms with Crippen LogP contribution in [0, 0.1) is 0 Å². The second-order valence-corrected chi connectivity index (χ2v) is 7.89. The highest BCUT2D eigenvalue weighted by molar-refractivity contribution is 5.58. The molecule has 33 heavy (non-hydrogen) atoms. The molecule has 1 unspecified atom stereocenters. The summed E-state index contributed by atoms with van der Waals surface area (Å²) in [6, 6.07) is 11.9. The van der Waals surface area contributed by atoms with E-state index in [0.717, 1.165) is 43.2 Å². The normalized spacial score (nSPS) is 15.2. The minimum atomic E-state index is -0.561. The molecule has 0 bridgehead atoms. The maximum atomic E-state index is 10.5. The molecule has 1 aliphatic heterocycles. The van der Waals surface area contributed by atoms with Gasteiger partial charge in [-0.3, -0.25) is 4.90 Å². The van der Waals surface area contributed by atoms with Crippen LogP contribution in [0.15, 0.2) is 36.4 Å². The summed E-state index contributed by atoms with van der Waals surface area (Å²) in [6.07, 6.45) is -0.561. The Balaban J connectivity index is 1.45. The smallest absolute Gasteiger partial charge is 0.203 e. The Morgan fingerprint density at radius 1 is 0.909 bits per heavy atom. The fourth-order valence-corrected chi connectivity index (χ4v) is 4.05. The fraction of sp³-hybridized carbons (Fsp3) is 0.520. The lowest BCUT2D eigenvalue weighted by molar-refractivity contribution is 0.00904. The summed E-state index contributed by atoms with van der Waals surface area (Å²) in [5.41, 5.74) is 2.02. The first-order chi connectivity index (χ1) is 16.1. The third-order valence-corrected chi connectivity index (χ3v) is 5.65. The van der Waals surface area contributed by atoms with E-state index in [1.807, 2.05) is 37.3 Å². The lowest BCUT2D eigenvalue weighted by atomic mass is 10.2. The second-order valence-electron chi connectivity index (χ2n) is 7.89. The molecule has 8 heteroatoms. The van der Waals surface area contributed by atoms with Gasteiger partial charge in [-0.05, 0) is 36.8 Å². The third-order valence-electron chi connectivity index (χ3n) is 5.65. The highest BCUT2D eigenvalue weighted by Gasteiger charge is 2.21. The van der Waals surface area contributed by atoms with Crippen LogP contribution in [0.4, 0.5) is 5.69 Å². The van der Waals surface area contributed by atoms with Crippen LogP contribution in [0.3, 0.4) is 0 Å². The summed E-state index contributed by atoms with van der Waals surface area (Å²) in [4.78, 5) is 4.61. The molecule has 0 radical (unpaired) electrons. The average molecular weight is 461 g/mol. The van der Waals surface area contributed by atoms with Gasteiger partial charge >= 0.3 is 0 Å². The quantitative estimate of drug-likeness (QED) is 0.519. The lowest BCUT2D eigenvalue weighted by Gasteiger charge is -2.37. The van der Waals surface area contributed by atoms with Gasteiger partial charge in [0.05, 0.1) is 52.9 Å². The molecule has 2 aromatic carbocycles. The predicted molar refractivity (Wildman–Crippen MR) is 128 cm³/mol. The van der Waals surface area contributed by atoms with E-state index in [2.05, 4.69) is 15.9 Å². The van der Waals surface area contributed by atoms with E-state index in [4.69, 9.17) is 23.7 Å². The number of aliphatic hydroxyl groups is 1. The first kappa shape index (κ1) is 25.0. The maximum absolute atomic E-state index is 10.5.